The maximum Gasteiger partial charge on any atom is 0.260 e. The molecule has 0 radical (unpaired) electrons. The van der Waals surface area contributed by atoms with Crippen molar-refractivity contribution in [2.75, 3.05) is 45.4 Å². The largest absolute Gasteiger partial charge is 0.497 e. The molecule has 132 valence electrons. The maximum atomic E-state index is 12.5. The quantitative estimate of drug-likeness (QED) is 0.758. The van der Waals surface area contributed by atoms with E-state index in [0.717, 1.165) is 0 Å². The summed E-state index contributed by atoms with van der Waals surface area (Å²) in [6.07, 6.45) is 0. The molecule has 0 saturated carbocycles. The summed E-state index contributed by atoms with van der Waals surface area (Å²) in [6.45, 7) is 1.08. The molecule has 2 heterocycles. The fourth-order valence-corrected chi connectivity index (χ4v) is 5.41. The van der Waals surface area contributed by atoms with E-state index in [2.05, 4.69) is 0 Å². The van der Waals surface area contributed by atoms with Crippen molar-refractivity contribution in [1.82, 2.24) is 9.80 Å². The molecule has 7 nitrogen and oxygen atoms in total. The fourth-order valence-electron chi connectivity index (χ4n) is 3.35. The number of nitrogens with zero attached hydrogens (tertiary/aromatic N) is 2. The average Bonchev–Trinajstić information content (AvgIpc) is 2.89. The number of rotatable bonds is 4. The van der Waals surface area contributed by atoms with Crippen molar-refractivity contribution >= 4 is 15.7 Å². The molecule has 1 aromatic rings. The van der Waals surface area contributed by atoms with Gasteiger partial charge in [0.15, 0.2) is 16.4 Å². The minimum atomic E-state index is -3.10. The van der Waals surface area contributed by atoms with Crippen LogP contribution in [0.25, 0.3) is 0 Å². The number of sulfone groups is 1. The van der Waals surface area contributed by atoms with Gasteiger partial charge in [0.25, 0.3) is 5.91 Å². The predicted octanol–water partition coefficient (Wildman–Crippen LogP) is 0.0136. The molecule has 0 unspecified atom stereocenters. The van der Waals surface area contributed by atoms with Gasteiger partial charge in [0.05, 0.1) is 24.7 Å². The first-order chi connectivity index (χ1) is 11.4. The second-order valence-electron chi connectivity index (χ2n) is 6.25. The van der Waals surface area contributed by atoms with Crippen LogP contribution < -0.4 is 9.47 Å². The number of amides is 1. The standard InChI is InChI=1S/C16H22N2O5S/c1-17-6-7-18(15-11-24(20,21)10-14(15)17)16(19)9-23-13-5-3-4-12(8-13)22-2/h3-5,8,14-15H,6-7,9-11H2,1-2H3/t14-,15+/m0/s1. The van der Waals surface area contributed by atoms with Crippen molar-refractivity contribution in [2.24, 2.45) is 0 Å². The van der Waals surface area contributed by atoms with Gasteiger partial charge >= 0.3 is 0 Å². The number of hydrogen-bond donors (Lipinski definition) is 0. The molecule has 0 bridgehead atoms. The van der Waals surface area contributed by atoms with E-state index >= 15 is 0 Å². The van der Waals surface area contributed by atoms with E-state index in [1.54, 1.807) is 36.3 Å². The Labute approximate surface area is 142 Å². The molecule has 24 heavy (non-hydrogen) atoms. The van der Waals surface area contributed by atoms with Crippen LogP contribution in [0.3, 0.4) is 0 Å². The highest BCUT2D eigenvalue weighted by molar-refractivity contribution is 7.91. The Kier molecular flexibility index (Phi) is 4.69. The van der Waals surface area contributed by atoms with Crippen molar-refractivity contribution in [3.05, 3.63) is 24.3 Å². The lowest BCUT2D eigenvalue weighted by molar-refractivity contribution is -0.138. The Hall–Kier alpha value is -1.80. The number of carbonyl (C=O) groups is 1. The second kappa shape index (κ2) is 6.60. The van der Waals surface area contributed by atoms with Gasteiger partial charge in [-0.2, -0.15) is 0 Å². The highest BCUT2D eigenvalue weighted by Gasteiger charge is 2.46. The number of carbonyl (C=O) groups excluding carboxylic acids is 1. The monoisotopic (exact) mass is 354 g/mol. The van der Waals surface area contributed by atoms with Gasteiger partial charge in [-0.25, -0.2) is 8.42 Å². The molecule has 0 aromatic heterocycles. The van der Waals surface area contributed by atoms with Crippen LogP contribution in [0.5, 0.6) is 11.5 Å². The van der Waals surface area contributed by atoms with Gasteiger partial charge in [-0.05, 0) is 19.2 Å². The maximum absolute atomic E-state index is 12.5. The van der Waals surface area contributed by atoms with Crippen LogP contribution in [0.4, 0.5) is 0 Å². The molecule has 0 spiro atoms. The average molecular weight is 354 g/mol. The van der Waals surface area contributed by atoms with Crippen LogP contribution in [0.1, 0.15) is 0 Å². The Balaban J connectivity index is 1.66. The third-order valence-corrected chi connectivity index (χ3v) is 6.38. The zero-order valence-corrected chi connectivity index (χ0v) is 14.7. The Morgan fingerprint density at radius 3 is 2.67 bits per heavy atom. The van der Waals surface area contributed by atoms with Gasteiger partial charge < -0.3 is 14.4 Å². The van der Waals surface area contributed by atoms with Gasteiger partial charge in [0, 0.05) is 25.2 Å². The van der Waals surface area contributed by atoms with E-state index < -0.39 is 9.84 Å². The summed E-state index contributed by atoms with van der Waals surface area (Å²) < 4.78 is 34.6. The lowest BCUT2D eigenvalue weighted by Gasteiger charge is -2.42. The highest BCUT2D eigenvalue weighted by Crippen LogP contribution is 2.26. The molecule has 2 saturated heterocycles. The second-order valence-corrected chi connectivity index (χ2v) is 8.40. The van der Waals surface area contributed by atoms with Crippen LogP contribution in [0.15, 0.2) is 24.3 Å². The fraction of sp³-hybridized carbons (Fsp3) is 0.562. The van der Waals surface area contributed by atoms with E-state index in [9.17, 15) is 13.2 Å². The molecule has 8 heteroatoms. The Morgan fingerprint density at radius 1 is 1.21 bits per heavy atom. The summed E-state index contributed by atoms with van der Waals surface area (Å²) in [7, 11) is 0.377. The number of likely N-dealkylation sites (N-methyl/N-ethyl adjacent to an activating group) is 1. The summed E-state index contributed by atoms with van der Waals surface area (Å²) in [5, 5.41) is 0. The van der Waals surface area contributed by atoms with Crippen molar-refractivity contribution in [3.63, 3.8) is 0 Å². The minimum absolute atomic E-state index is 0.0346. The van der Waals surface area contributed by atoms with Crippen LogP contribution in [-0.2, 0) is 14.6 Å². The SMILES string of the molecule is COc1cccc(OCC(=O)N2CCN(C)[C@H]3CS(=O)(=O)C[C@H]32)c1. The van der Waals surface area contributed by atoms with Crippen LogP contribution in [-0.4, -0.2) is 81.6 Å². The number of piperazine rings is 1. The lowest BCUT2D eigenvalue weighted by atomic mass is 10.1. The Bertz CT molecular complexity index is 721. The zero-order valence-electron chi connectivity index (χ0n) is 13.8. The highest BCUT2D eigenvalue weighted by atomic mass is 32.2. The van der Waals surface area contributed by atoms with E-state index in [4.69, 9.17) is 9.47 Å². The third-order valence-electron chi connectivity index (χ3n) is 4.68. The zero-order chi connectivity index (χ0) is 17.3. The molecule has 2 aliphatic rings. The molecular formula is C16H22N2O5S. The summed E-state index contributed by atoms with van der Waals surface area (Å²) in [5.41, 5.74) is 0. The lowest BCUT2D eigenvalue weighted by Crippen LogP contribution is -2.60. The summed E-state index contributed by atoms with van der Waals surface area (Å²) >= 11 is 0. The number of methoxy groups -OCH3 is 1. The molecule has 2 fully saturated rings. The van der Waals surface area contributed by atoms with Crippen molar-refractivity contribution < 1.29 is 22.7 Å². The van der Waals surface area contributed by atoms with Crippen molar-refractivity contribution in [3.8, 4) is 11.5 Å². The first-order valence-electron chi connectivity index (χ1n) is 7.86. The number of ether oxygens (including phenoxy) is 2. The molecule has 3 rings (SSSR count). The van der Waals surface area contributed by atoms with Crippen LogP contribution in [0, 0.1) is 0 Å². The summed E-state index contributed by atoms with van der Waals surface area (Å²) in [6, 6.07) is 6.64. The Morgan fingerprint density at radius 2 is 1.92 bits per heavy atom. The van der Waals surface area contributed by atoms with Gasteiger partial charge in [0.2, 0.25) is 0 Å². The molecule has 0 aliphatic carbocycles. The van der Waals surface area contributed by atoms with Gasteiger partial charge in [-0.3, -0.25) is 9.69 Å². The summed E-state index contributed by atoms with van der Waals surface area (Å²) in [5.74, 6) is 1.17. The smallest absolute Gasteiger partial charge is 0.260 e. The summed E-state index contributed by atoms with van der Waals surface area (Å²) in [4.78, 5) is 16.2. The number of fused-ring (bicyclic) bond motifs is 1. The van der Waals surface area contributed by atoms with Crippen LogP contribution >= 0.6 is 0 Å². The van der Waals surface area contributed by atoms with Crippen molar-refractivity contribution in [1.29, 1.82) is 0 Å². The molecule has 2 atom stereocenters. The van der Waals surface area contributed by atoms with Gasteiger partial charge in [-0.1, -0.05) is 6.07 Å². The number of benzene rings is 1. The van der Waals surface area contributed by atoms with E-state index in [0.29, 0.717) is 24.6 Å². The topological polar surface area (TPSA) is 76.2 Å². The molecule has 1 aromatic carbocycles. The normalized spacial score (nSPS) is 26.0. The number of hydrogen-bond acceptors (Lipinski definition) is 6. The molecular weight excluding hydrogens is 332 g/mol. The molecule has 1 amide bonds. The molecule has 0 N–H and O–H groups in total. The van der Waals surface area contributed by atoms with Crippen LogP contribution in [0.2, 0.25) is 0 Å². The van der Waals surface area contributed by atoms with E-state index in [1.807, 2.05) is 11.9 Å². The van der Waals surface area contributed by atoms with E-state index in [1.165, 1.54) is 0 Å². The molecule has 2 aliphatic heterocycles. The van der Waals surface area contributed by atoms with Crippen molar-refractivity contribution in [2.45, 2.75) is 12.1 Å². The first kappa shape index (κ1) is 17.0. The van der Waals surface area contributed by atoms with Gasteiger partial charge in [-0.15, -0.1) is 0 Å². The van der Waals surface area contributed by atoms with E-state index in [-0.39, 0.29) is 36.1 Å². The first-order valence-corrected chi connectivity index (χ1v) is 9.69. The predicted molar refractivity (Wildman–Crippen MR) is 89.1 cm³/mol. The third kappa shape index (κ3) is 3.49. The van der Waals surface area contributed by atoms with Gasteiger partial charge in [0.1, 0.15) is 11.5 Å². The minimum Gasteiger partial charge on any atom is -0.497 e.